The predicted octanol–water partition coefficient (Wildman–Crippen LogP) is 3.31. The lowest BCUT2D eigenvalue weighted by atomic mass is 9.96. The van der Waals surface area contributed by atoms with Crippen molar-refractivity contribution in [3.05, 3.63) is 0 Å². The third kappa shape index (κ3) is 14.1. The molecule has 158 valence electrons. The summed E-state index contributed by atoms with van der Waals surface area (Å²) >= 11 is 0. The number of unbranched alkanes of at least 4 members (excludes halogenated alkanes) is 8. The Morgan fingerprint density at radius 2 is 1.37 bits per heavy atom. The monoisotopic (exact) mass is 386 g/mol. The number of amides is 1. The van der Waals surface area contributed by atoms with Gasteiger partial charge in [-0.3, -0.25) is 9.59 Å². The number of aliphatic carboxylic acids is 2. The van der Waals surface area contributed by atoms with Crippen molar-refractivity contribution < 1.29 is 24.6 Å². The minimum Gasteiger partial charge on any atom is -0.481 e. The van der Waals surface area contributed by atoms with Gasteiger partial charge in [0.1, 0.15) is 6.04 Å². The molecule has 0 aromatic carbocycles. The zero-order chi connectivity index (χ0) is 20.5. The molecule has 0 aliphatic carbocycles. The first kappa shape index (κ1) is 25.4. The topological polar surface area (TPSA) is 130 Å². The van der Waals surface area contributed by atoms with Gasteiger partial charge in [0.2, 0.25) is 5.91 Å². The van der Waals surface area contributed by atoms with E-state index in [2.05, 4.69) is 12.2 Å². The Morgan fingerprint density at radius 3 is 1.89 bits per heavy atom. The summed E-state index contributed by atoms with van der Waals surface area (Å²) in [4.78, 5) is 34.7. The highest BCUT2D eigenvalue weighted by molar-refractivity contribution is 5.86. The van der Waals surface area contributed by atoms with Crippen LogP contribution < -0.4 is 11.1 Å². The van der Waals surface area contributed by atoms with Gasteiger partial charge >= 0.3 is 11.9 Å². The molecule has 0 heterocycles. The van der Waals surface area contributed by atoms with Gasteiger partial charge in [-0.25, -0.2) is 4.79 Å². The van der Waals surface area contributed by atoms with Crippen molar-refractivity contribution in [2.75, 3.05) is 6.54 Å². The number of carboxylic acids is 2. The summed E-state index contributed by atoms with van der Waals surface area (Å²) in [6, 6.07) is -0.985. The Labute approximate surface area is 163 Å². The summed E-state index contributed by atoms with van der Waals surface area (Å²) in [5, 5.41) is 21.0. The van der Waals surface area contributed by atoms with Crippen molar-refractivity contribution in [2.24, 2.45) is 11.7 Å². The summed E-state index contributed by atoms with van der Waals surface area (Å²) in [6.45, 7) is 2.65. The minimum absolute atomic E-state index is 0.174. The van der Waals surface area contributed by atoms with E-state index in [1.54, 1.807) is 0 Å². The van der Waals surface area contributed by atoms with Crippen LogP contribution in [0.15, 0.2) is 0 Å². The van der Waals surface area contributed by atoms with Gasteiger partial charge in [0.25, 0.3) is 0 Å². The highest BCUT2D eigenvalue weighted by Crippen LogP contribution is 2.16. The number of rotatable bonds is 18. The van der Waals surface area contributed by atoms with Crippen LogP contribution in [0.2, 0.25) is 0 Å². The Kier molecular flexibility index (Phi) is 15.5. The second-order valence-corrected chi connectivity index (χ2v) is 7.25. The molecule has 0 aliphatic rings. The standard InChI is InChI=1S/C20H38N2O5/c1-2-3-4-5-6-7-8-9-12-16(19(24)25)15-18(23)22-17(20(26)27)13-10-11-14-21/h16-17H,2-15,21H2,1H3,(H,22,23)(H,24,25)(H,26,27)/t16?,17-/m0/s1. The van der Waals surface area contributed by atoms with Crippen LogP contribution in [-0.2, 0) is 14.4 Å². The van der Waals surface area contributed by atoms with Crippen molar-refractivity contribution in [3.8, 4) is 0 Å². The van der Waals surface area contributed by atoms with Gasteiger partial charge in [0.05, 0.1) is 5.92 Å². The largest absolute Gasteiger partial charge is 0.481 e. The number of carboxylic acid groups (broad SMARTS) is 2. The molecule has 0 aromatic rings. The molecule has 0 aromatic heterocycles. The third-order valence-electron chi connectivity index (χ3n) is 4.77. The molecule has 0 spiro atoms. The molecule has 2 atom stereocenters. The minimum atomic E-state index is -1.10. The summed E-state index contributed by atoms with van der Waals surface area (Å²) in [5.74, 6) is -3.37. The molecule has 7 heteroatoms. The Bertz CT molecular complexity index is 429. The van der Waals surface area contributed by atoms with E-state index in [1.165, 1.54) is 32.1 Å². The van der Waals surface area contributed by atoms with Gasteiger partial charge in [-0.05, 0) is 32.2 Å². The Balaban J connectivity index is 4.17. The number of nitrogens with one attached hydrogen (secondary N) is 1. The maximum Gasteiger partial charge on any atom is 0.326 e. The second kappa shape index (κ2) is 16.5. The van der Waals surface area contributed by atoms with E-state index in [0.29, 0.717) is 32.2 Å². The zero-order valence-electron chi connectivity index (χ0n) is 16.8. The molecule has 5 N–H and O–H groups in total. The maximum atomic E-state index is 12.1. The molecule has 0 saturated heterocycles. The SMILES string of the molecule is CCCCCCCCCCC(CC(=O)N[C@@H](CCCCN)C(=O)O)C(=O)O. The average Bonchev–Trinajstić information content (AvgIpc) is 2.61. The predicted molar refractivity (Wildman–Crippen MR) is 105 cm³/mol. The molecule has 1 amide bonds. The fourth-order valence-electron chi connectivity index (χ4n) is 3.06. The lowest BCUT2D eigenvalue weighted by Gasteiger charge is -2.17. The van der Waals surface area contributed by atoms with Crippen molar-refractivity contribution >= 4 is 17.8 Å². The lowest BCUT2D eigenvalue weighted by molar-refractivity contribution is -0.145. The Morgan fingerprint density at radius 1 is 0.815 bits per heavy atom. The van der Waals surface area contributed by atoms with Gasteiger partial charge < -0.3 is 21.3 Å². The normalized spacial score (nSPS) is 13.1. The number of carbonyl (C=O) groups excluding carboxylic acids is 1. The number of carbonyl (C=O) groups is 3. The van der Waals surface area contributed by atoms with Crippen molar-refractivity contribution in [3.63, 3.8) is 0 Å². The zero-order valence-corrected chi connectivity index (χ0v) is 16.8. The van der Waals surface area contributed by atoms with Crippen LogP contribution in [0.1, 0.15) is 90.4 Å². The molecule has 1 unspecified atom stereocenters. The first-order chi connectivity index (χ1) is 12.9. The van der Waals surface area contributed by atoms with E-state index in [1.807, 2.05) is 0 Å². The fraction of sp³-hybridized carbons (Fsp3) is 0.850. The number of nitrogens with two attached hydrogens (primary N) is 1. The summed E-state index contributed by atoms with van der Waals surface area (Å²) in [7, 11) is 0. The summed E-state index contributed by atoms with van der Waals surface area (Å²) < 4.78 is 0. The van der Waals surface area contributed by atoms with Gasteiger partial charge in [0.15, 0.2) is 0 Å². The van der Waals surface area contributed by atoms with E-state index in [0.717, 1.165) is 19.3 Å². The smallest absolute Gasteiger partial charge is 0.326 e. The van der Waals surface area contributed by atoms with E-state index in [4.69, 9.17) is 5.73 Å². The Hall–Kier alpha value is -1.63. The van der Waals surface area contributed by atoms with Crippen LogP contribution in [0.25, 0.3) is 0 Å². The van der Waals surface area contributed by atoms with E-state index < -0.39 is 29.8 Å². The first-order valence-electron chi connectivity index (χ1n) is 10.4. The molecule has 0 radical (unpaired) electrons. The maximum absolute atomic E-state index is 12.1. The molecule has 0 rings (SSSR count). The molecule has 27 heavy (non-hydrogen) atoms. The van der Waals surface area contributed by atoms with E-state index in [9.17, 15) is 24.6 Å². The lowest BCUT2D eigenvalue weighted by Crippen LogP contribution is -2.42. The molecule has 0 saturated carbocycles. The van der Waals surface area contributed by atoms with Crippen LogP contribution in [0.5, 0.6) is 0 Å². The van der Waals surface area contributed by atoms with Crippen molar-refractivity contribution in [1.82, 2.24) is 5.32 Å². The molecule has 0 fully saturated rings. The summed E-state index contributed by atoms with van der Waals surface area (Å²) in [5.41, 5.74) is 5.39. The van der Waals surface area contributed by atoms with Crippen LogP contribution in [0.3, 0.4) is 0 Å². The van der Waals surface area contributed by atoms with Gasteiger partial charge in [-0.2, -0.15) is 0 Å². The highest BCUT2D eigenvalue weighted by Gasteiger charge is 2.24. The second-order valence-electron chi connectivity index (χ2n) is 7.25. The van der Waals surface area contributed by atoms with Crippen LogP contribution in [0.4, 0.5) is 0 Å². The van der Waals surface area contributed by atoms with E-state index in [-0.39, 0.29) is 6.42 Å². The van der Waals surface area contributed by atoms with E-state index >= 15 is 0 Å². The number of hydrogen-bond donors (Lipinski definition) is 4. The van der Waals surface area contributed by atoms with Gasteiger partial charge in [-0.1, -0.05) is 58.3 Å². The van der Waals surface area contributed by atoms with Gasteiger partial charge in [-0.15, -0.1) is 0 Å². The quantitative estimate of drug-likeness (QED) is 0.267. The third-order valence-corrected chi connectivity index (χ3v) is 4.77. The molecular weight excluding hydrogens is 348 g/mol. The summed E-state index contributed by atoms with van der Waals surface area (Å²) in [6.07, 6.45) is 10.8. The molecule has 0 aliphatic heterocycles. The molecular formula is C20H38N2O5. The number of hydrogen-bond acceptors (Lipinski definition) is 4. The van der Waals surface area contributed by atoms with Crippen LogP contribution in [0, 0.1) is 5.92 Å². The van der Waals surface area contributed by atoms with Crippen LogP contribution >= 0.6 is 0 Å². The van der Waals surface area contributed by atoms with Crippen molar-refractivity contribution in [1.29, 1.82) is 0 Å². The van der Waals surface area contributed by atoms with Gasteiger partial charge in [0, 0.05) is 6.42 Å². The van der Waals surface area contributed by atoms with Crippen molar-refractivity contribution in [2.45, 2.75) is 96.4 Å². The fourth-order valence-corrected chi connectivity index (χ4v) is 3.06. The van der Waals surface area contributed by atoms with Crippen LogP contribution in [-0.4, -0.2) is 40.6 Å². The average molecular weight is 387 g/mol. The highest BCUT2D eigenvalue weighted by atomic mass is 16.4. The molecule has 7 nitrogen and oxygen atoms in total. The first-order valence-corrected chi connectivity index (χ1v) is 10.4. The molecule has 0 bridgehead atoms.